The smallest absolute Gasteiger partial charge is 0.238 e. The molecule has 0 unspecified atom stereocenters. The summed E-state index contributed by atoms with van der Waals surface area (Å²) >= 11 is 0. The summed E-state index contributed by atoms with van der Waals surface area (Å²) in [5.74, 6) is 0.564. The standard InChI is InChI=1S/C13H20N2O3/c1-10-4-5-11(15-13(16)9-14-2)12(8-10)18-7-6-17-3/h4-5,8,14H,6-7,9H2,1-3H3,(H,15,16). The maximum atomic E-state index is 11.5. The fourth-order valence-corrected chi connectivity index (χ4v) is 1.44. The molecule has 5 nitrogen and oxygen atoms in total. The Morgan fingerprint density at radius 1 is 1.33 bits per heavy atom. The average molecular weight is 252 g/mol. The number of rotatable bonds is 7. The highest BCUT2D eigenvalue weighted by atomic mass is 16.5. The molecule has 0 radical (unpaired) electrons. The maximum Gasteiger partial charge on any atom is 0.238 e. The van der Waals surface area contributed by atoms with Crippen LogP contribution in [0.1, 0.15) is 5.56 Å². The molecular weight excluding hydrogens is 232 g/mol. The summed E-state index contributed by atoms with van der Waals surface area (Å²) in [6.07, 6.45) is 0. The molecule has 0 aliphatic carbocycles. The van der Waals surface area contributed by atoms with Crippen LogP contribution in [-0.2, 0) is 9.53 Å². The number of ether oxygens (including phenoxy) is 2. The second kappa shape index (κ2) is 7.68. The van der Waals surface area contributed by atoms with Crippen molar-refractivity contribution < 1.29 is 14.3 Å². The van der Waals surface area contributed by atoms with Crippen LogP contribution in [0.4, 0.5) is 5.69 Å². The van der Waals surface area contributed by atoms with Crippen molar-refractivity contribution in [2.24, 2.45) is 0 Å². The number of amides is 1. The van der Waals surface area contributed by atoms with Gasteiger partial charge in [0.1, 0.15) is 12.4 Å². The van der Waals surface area contributed by atoms with Gasteiger partial charge >= 0.3 is 0 Å². The van der Waals surface area contributed by atoms with E-state index in [-0.39, 0.29) is 12.5 Å². The van der Waals surface area contributed by atoms with Gasteiger partial charge in [-0.2, -0.15) is 0 Å². The van der Waals surface area contributed by atoms with Crippen molar-refractivity contribution in [2.75, 3.05) is 39.2 Å². The number of anilines is 1. The molecule has 5 heteroatoms. The molecule has 0 spiro atoms. The second-order valence-corrected chi connectivity index (χ2v) is 3.92. The van der Waals surface area contributed by atoms with Crippen LogP contribution < -0.4 is 15.4 Å². The van der Waals surface area contributed by atoms with Gasteiger partial charge in [0.2, 0.25) is 5.91 Å². The Kier molecular flexibility index (Phi) is 6.18. The Balaban J connectivity index is 2.72. The van der Waals surface area contributed by atoms with E-state index in [9.17, 15) is 4.79 Å². The van der Waals surface area contributed by atoms with E-state index in [0.717, 1.165) is 5.56 Å². The van der Waals surface area contributed by atoms with Crippen molar-refractivity contribution in [3.8, 4) is 5.75 Å². The van der Waals surface area contributed by atoms with Crippen LogP contribution in [0.5, 0.6) is 5.75 Å². The Morgan fingerprint density at radius 2 is 2.11 bits per heavy atom. The van der Waals surface area contributed by atoms with E-state index in [1.54, 1.807) is 14.2 Å². The van der Waals surface area contributed by atoms with E-state index < -0.39 is 0 Å². The zero-order chi connectivity index (χ0) is 13.4. The number of benzene rings is 1. The molecule has 0 fully saturated rings. The quantitative estimate of drug-likeness (QED) is 0.715. The van der Waals surface area contributed by atoms with Gasteiger partial charge in [0.25, 0.3) is 0 Å². The molecule has 0 saturated carbocycles. The summed E-state index contributed by atoms with van der Waals surface area (Å²) in [6, 6.07) is 5.66. The van der Waals surface area contributed by atoms with Crippen LogP contribution in [-0.4, -0.2) is 39.8 Å². The van der Waals surface area contributed by atoms with Gasteiger partial charge in [-0.3, -0.25) is 4.79 Å². The first kappa shape index (κ1) is 14.5. The minimum absolute atomic E-state index is 0.0991. The molecule has 0 aliphatic rings. The predicted octanol–water partition coefficient (Wildman–Crippen LogP) is 1.18. The predicted molar refractivity (Wildman–Crippen MR) is 71.1 cm³/mol. The monoisotopic (exact) mass is 252 g/mol. The van der Waals surface area contributed by atoms with Crippen LogP contribution in [0.15, 0.2) is 18.2 Å². The number of aryl methyl sites for hydroxylation is 1. The zero-order valence-corrected chi connectivity index (χ0v) is 11.1. The van der Waals surface area contributed by atoms with E-state index >= 15 is 0 Å². The van der Waals surface area contributed by atoms with E-state index in [4.69, 9.17) is 9.47 Å². The van der Waals surface area contributed by atoms with Crippen molar-refractivity contribution in [3.63, 3.8) is 0 Å². The third-order valence-electron chi connectivity index (χ3n) is 2.29. The third-order valence-corrected chi connectivity index (χ3v) is 2.29. The maximum absolute atomic E-state index is 11.5. The Morgan fingerprint density at radius 3 is 2.78 bits per heavy atom. The highest BCUT2D eigenvalue weighted by Gasteiger charge is 2.07. The molecule has 0 atom stereocenters. The first-order valence-electron chi connectivity index (χ1n) is 5.84. The topological polar surface area (TPSA) is 59.6 Å². The Labute approximate surface area is 107 Å². The lowest BCUT2D eigenvalue weighted by molar-refractivity contribution is -0.115. The summed E-state index contributed by atoms with van der Waals surface area (Å²) in [7, 11) is 3.35. The molecule has 0 aliphatic heterocycles. The number of likely N-dealkylation sites (N-methyl/N-ethyl adjacent to an activating group) is 1. The highest BCUT2D eigenvalue weighted by Crippen LogP contribution is 2.25. The first-order valence-corrected chi connectivity index (χ1v) is 5.84. The molecule has 1 amide bonds. The summed E-state index contributed by atoms with van der Waals surface area (Å²) in [5, 5.41) is 5.60. The van der Waals surface area contributed by atoms with Crippen LogP contribution in [0, 0.1) is 6.92 Å². The number of hydrogen-bond donors (Lipinski definition) is 2. The summed E-state index contributed by atoms with van der Waals surface area (Å²) in [6.45, 7) is 3.21. The van der Waals surface area contributed by atoms with Crippen molar-refractivity contribution >= 4 is 11.6 Å². The fourth-order valence-electron chi connectivity index (χ4n) is 1.44. The van der Waals surface area contributed by atoms with Crippen LogP contribution in [0.2, 0.25) is 0 Å². The minimum Gasteiger partial charge on any atom is -0.489 e. The normalized spacial score (nSPS) is 10.2. The summed E-state index contributed by atoms with van der Waals surface area (Å²) in [4.78, 5) is 11.5. The lowest BCUT2D eigenvalue weighted by Gasteiger charge is -2.13. The van der Waals surface area contributed by atoms with Gasteiger partial charge in [0.15, 0.2) is 0 Å². The zero-order valence-electron chi connectivity index (χ0n) is 11.1. The van der Waals surface area contributed by atoms with E-state index in [1.807, 2.05) is 25.1 Å². The van der Waals surface area contributed by atoms with Gasteiger partial charge in [-0.25, -0.2) is 0 Å². The molecule has 0 saturated heterocycles. The van der Waals surface area contributed by atoms with Crippen molar-refractivity contribution in [3.05, 3.63) is 23.8 Å². The summed E-state index contributed by atoms with van der Waals surface area (Å²) in [5.41, 5.74) is 1.76. The molecule has 0 aromatic heterocycles. The number of carbonyl (C=O) groups excluding carboxylic acids is 1. The largest absolute Gasteiger partial charge is 0.489 e. The second-order valence-electron chi connectivity index (χ2n) is 3.92. The molecule has 1 aromatic carbocycles. The molecule has 100 valence electrons. The van der Waals surface area contributed by atoms with E-state index in [1.165, 1.54) is 0 Å². The minimum atomic E-state index is -0.0991. The Bertz CT molecular complexity index is 394. The highest BCUT2D eigenvalue weighted by molar-refractivity contribution is 5.93. The number of carbonyl (C=O) groups is 1. The molecule has 18 heavy (non-hydrogen) atoms. The molecule has 2 N–H and O–H groups in total. The lowest BCUT2D eigenvalue weighted by Crippen LogP contribution is -2.25. The van der Waals surface area contributed by atoms with Gasteiger partial charge in [-0.05, 0) is 31.7 Å². The number of hydrogen-bond acceptors (Lipinski definition) is 4. The summed E-state index contributed by atoms with van der Waals surface area (Å²) < 4.78 is 10.5. The lowest BCUT2D eigenvalue weighted by atomic mass is 10.2. The molecular formula is C13H20N2O3. The van der Waals surface area contributed by atoms with Crippen molar-refractivity contribution in [1.29, 1.82) is 0 Å². The van der Waals surface area contributed by atoms with Gasteiger partial charge in [-0.15, -0.1) is 0 Å². The average Bonchev–Trinajstić information content (AvgIpc) is 2.33. The van der Waals surface area contributed by atoms with Crippen LogP contribution >= 0.6 is 0 Å². The van der Waals surface area contributed by atoms with Crippen molar-refractivity contribution in [1.82, 2.24) is 5.32 Å². The van der Waals surface area contributed by atoms with E-state index in [2.05, 4.69) is 10.6 Å². The fraction of sp³-hybridized carbons (Fsp3) is 0.462. The molecule has 0 heterocycles. The van der Waals surface area contributed by atoms with Gasteiger partial charge in [0, 0.05) is 7.11 Å². The first-order chi connectivity index (χ1) is 8.67. The number of methoxy groups -OCH3 is 1. The van der Waals surface area contributed by atoms with Crippen molar-refractivity contribution in [2.45, 2.75) is 6.92 Å². The Hall–Kier alpha value is -1.59. The van der Waals surface area contributed by atoms with Gasteiger partial charge in [0.05, 0.1) is 18.8 Å². The van der Waals surface area contributed by atoms with Crippen LogP contribution in [0.3, 0.4) is 0 Å². The SMILES string of the molecule is CNCC(=O)Nc1ccc(C)cc1OCCOC. The molecule has 0 bridgehead atoms. The third kappa shape index (κ3) is 4.73. The molecule has 1 aromatic rings. The van der Waals surface area contributed by atoms with E-state index in [0.29, 0.717) is 24.7 Å². The van der Waals surface area contributed by atoms with Crippen LogP contribution in [0.25, 0.3) is 0 Å². The molecule has 1 rings (SSSR count). The van der Waals surface area contributed by atoms with Gasteiger partial charge < -0.3 is 20.1 Å². The van der Waals surface area contributed by atoms with Gasteiger partial charge in [-0.1, -0.05) is 6.07 Å². The number of nitrogens with one attached hydrogen (secondary N) is 2.